The van der Waals surface area contributed by atoms with E-state index in [1.807, 2.05) is 0 Å². The Morgan fingerprint density at radius 3 is 2.60 bits per heavy atom. The third-order valence-electron chi connectivity index (χ3n) is 2.73. The minimum Gasteiger partial charge on any atom is -0.481 e. The molecule has 86 valence electrons. The average molecular weight is 232 g/mol. The molecule has 1 aliphatic rings. The first-order valence-corrected chi connectivity index (χ1v) is 5.65. The Kier molecular flexibility index (Phi) is 4.45. The predicted octanol–water partition coefficient (Wildman–Crippen LogP) is 1.35. The summed E-state index contributed by atoms with van der Waals surface area (Å²) in [6.45, 7) is 2.02. The van der Waals surface area contributed by atoms with E-state index in [1.54, 1.807) is 6.92 Å². The summed E-state index contributed by atoms with van der Waals surface area (Å²) in [4.78, 5) is 22.5. The minimum atomic E-state index is -0.924. The van der Waals surface area contributed by atoms with Crippen molar-refractivity contribution in [2.75, 3.05) is 6.61 Å². The van der Waals surface area contributed by atoms with Crippen molar-refractivity contribution in [3.05, 3.63) is 0 Å². The lowest BCUT2D eigenvalue weighted by Crippen LogP contribution is -2.37. The number of esters is 1. The van der Waals surface area contributed by atoms with Crippen LogP contribution in [-0.2, 0) is 14.3 Å². The maximum Gasteiger partial charge on any atom is 0.309 e. The van der Waals surface area contributed by atoms with E-state index in [9.17, 15) is 9.59 Å². The normalized spacial score (nSPS) is 30.9. The molecular weight excluding hydrogens is 216 g/mol. The molecule has 0 saturated heterocycles. The molecule has 0 aromatic carbocycles. The van der Waals surface area contributed by atoms with Gasteiger partial charge in [-0.25, -0.2) is 0 Å². The minimum absolute atomic E-state index is 0.0803. The maximum absolute atomic E-state index is 11.5. The van der Waals surface area contributed by atoms with Gasteiger partial charge in [-0.1, -0.05) is 0 Å². The fourth-order valence-corrected chi connectivity index (χ4v) is 2.33. The van der Waals surface area contributed by atoms with E-state index < -0.39 is 17.8 Å². The summed E-state index contributed by atoms with van der Waals surface area (Å²) in [6.07, 6.45) is 1.78. The lowest BCUT2D eigenvalue weighted by atomic mass is 9.79. The van der Waals surface area contributed by atoms with Gasteiger partial charge in [-0.15, -0.1) is 0 Å². The molecule has 0 bridgehead atoms. The zero-order valence-corrected chi connectivity index (χ0v) is 9.57. The van der Waals surface area contributed by atoms with E-state index in [1.165, 1.54) is 0 Å². The number of rotatable bonds is 3. The molecule has 1 saturated carbocycles. The van der Waals surface area contributed by atoms with Crippen LogP contribution in [0.25, 0.3) is 0 Å². The standard InChI is InChI=1S/C10H16O4S/c1-2-14-10(13)7-4-3-6(15)5-8(7)9(11)12/h6-8,15H,2-5H2,1H3,(H,11,12). The second kappa shape index (κ2) is 5.39. The van der Waals surface area contributed by atoms with E-state index in [-0.39, 0.29) is 11.2 Å². The first kappa shape index (κ1) is 12.4. The van der Waals surface area contributed by atoms with Gasteiger partial charge in [0.25, 0.3) is 0 Å². The van der Waals surface area contributed by atoms with E-state index >= 15 is 0 Å². The van der Waals surface area contributed by atoms with Crippen LogP contribution in [-0.4, -0.2) is 28.9 Å². The summed E-state index contributed by atoms with van der Waals surface area (Å²) in [7, 11) is 0. The average Bonchev–Trinajstić information content (AvgIpc) is 2.17. The van der Waals surface area contributed by atoms with E-state index in [0.717, 1.165) is 6.42 Å². The highest BCUT2D eigenvalue weighted by Crippen LogP contribution is 2.33. The Morgan fingerprint density at radius 1 is 1.40 bits per heavy atom. The fourth-order valence-electron chi connectivity index (χ4n) is 1.95. The van der Waals surface area contributed by atoms with Gasteiger partial charge >= 0.3 is 11.9 Å². The molecule has 5 heteroatoms. The summed E-state index contributed by atoms with van der Waals surface area (Å²) in [6, 6.07) is 0. The lowest BCUT2D eigenvalue weighted by molar-refractivity contribution is -0.159. The largest absolute Gasteiger partial charge is 0.481 e. The van der Waals surface area contributed by atoms with Gasteiger partial charge < -0.3 is 9.84 Å². The molecule has 3 atom stereocenters. The number of carboxylic acids is 1. The molecule has 1 rings (SSSR count). The van der Waals surface area contributed by atoms with Crippen LogP contribution in [0.3, 0.4) is 0 Å². The molecular formula is C10H16O4S. The Labute approximate surface area is 94.4 Å². The SMILES string of the molecule is CCOC(=O)C1CCC(S)CC1C(=O)O. The Morgan fingerprint density at radius 2 is 2.07 bits per heavy atom. The zero-order chi connectivity index (χ0) is 11.4. The molecule has 0 spiro atoms. The molecule has 0 heterocycles. The topological polar surface area (TPSA) is 63.6 Å². The summed E-state index contributed by atoms with van der Waals surface area (Å²) < 4.78 is 4.87. The zero-order valence-electron chi connectivity index (χ0n) is 8.68. The number of ether oxygens (including phenoxy) is 1. The molecule has 0 aliphatic heterocycles. The molecule has 1 N–H and O–H groups in total. The summed E-state index contributed by atoms with van der Waals surface area (Å²) >= 11 is 4.26. The number of hydrogen-bond acceptors (Lipinski definition) is 4. The molecule has 4 nitrogen and oxygen atoms in total. The van der Waals surface area contributed by atoms with Crippen LogP contribution < -0.4 is 0 Å². The molecule has 15 heavy (non-hydrogen) atoms. The van der Waals surface area contributed by atoms with Crippen LogP contribution >= 0.6 is 12.6 Å². The lowest BCUT2D eigenvalue weighted by Gasteiger charge is -2.29. The van der Waals surface area contributed by atoms with Crippen LogP contribution in [0, 0.1) is 11.8 Å². The first-order valence-electron chi connectivity index (χ1n) is 5.13. The van der Waals surface area contributed by atoms with Gasteiger partial charge in [-0.3, -0.25) is 9.59 Å². The highest BCUT2D eigenvalue weighted by molar-refractivity contribution is 7.80. The molecule has 0 aromatic rings. The number of carboxylic acid groups (broad SMARTS) is 1. The Hall–Kier alpha value is -0.710. The molecule has 0 aromatic heterocycles. The maximum atomic E-state index is 11.5. The second-order valence-electron chi connectivity index (χ2n) is 3.77. The molecule has 1 aliphatic carbocycles. The van der Waals surface area contributed by atoms with Crippen molar-refractivity contribution in [1.29, 1.82) is 0 Å². The molecule has 1 fully saturated rings. The fraction of sp³-hybridized carbons (Fsp3) is 0.800. The quantitative estimate of drug-likeness (QED) is 0.569. The van der Waals surface area contributed by atoms with Crippen molar-refractivity contribution in [2.24, 2.45) is 11.8 Å². The van der Waals surface area contributed by atoms with Crippen LogP contribution in [0.5, 0.6) is 0 Å². The number of carbonyl (C=O) groups excluding carboxylic acids is 1. The number of aliphatic carboxylic acids is 1. The van der Waals surface area contributed by atoms with E-state index in [0.29, 0.717) is 19.4 Å². The van der Waals surface area contributed by atoms with Crippen molar-refractivity contribution in [3.63, 3.8) is 0 Å². The van der Waals surface area contributed by atoms with Crippen LogP contribution in [0.15, 0.2) is 0 Å². The van der Waals surface area contributed by atoms with Gasteiger partial charge in [0.15, 0.2) is 0 Å². The van der Waals surface area contributed by atoms with Gasteiger partial charge in [-0.2, -0.15) is 12.6 Å². The van der Waals surface area contributed by atoms with Crippen molar-refractivity contribution in [1.82, 2.24) is 0 Å². The van der Waals surface area contributed by atoms with Crippen molar-refractivity contribution < 1.29 is 19.4 Å². The van der Waals surface area contributed by atoms with Crippen molar-refractivity contribution in [2.45, 2.75) is 31.4 Å². The molecule has 3 unspecified atom stereocenters. The summed E-state index contributed by atoms with van der Waals surface area (Å²) in [5.74, 6) is -2.44. The first-order chi connectivity index (χ1) is 7.06. The predicted molar refractivity (Wildman–Crippen MR) is 57.9 cm³/mol. The van der Waals surface area contributed by atoms with Gasteiger partial charge in [0.1, 0.15) is 0 Å². The van der Waals surface area contributed by atoms with Crippen LogP contribution in [0.2, 0.25) is 0 Å². The Balaban J connectivity index is 2.68. The number of carbonyl (C=O) groups is 2. The summed E-state index contributed by atoms with van der Waals surface area (Å²) in [5.41, 5.74) is 0. The van der Waals surface area contributed by atoms with Crippen LogP contribution in [0.1, 0.15) is 26.2 Å². The second-order valence-corrected chi connectivity index (χ2v) is 4.50. The monoisotopic (exact) mass is 232 g/mol. The highest BCUT2D eigenvalue weighted by atomic mass is 32.1. The molecule has 0 amide bonds. The highest BCUT2D eigenvalue weighted by Gasteiger charge is 2.39. The van der Waals surface area contributed by atoms with Crippen molar-refractivity contribution >= 4 is 24.6 Å². The number of hydrogen-bond donors (Lipinski definition) is 2. The van der Waals surface area contributed by atoms with Gasteiger partial charge in [0.05, 0.1) is 18.4 Å². The number of thiol groups is 1. The third kappa shape index (κ3) is 3.12. The van der Waals surface area contributed by atoms with E-state index in [2.05, 4.69) is 12.6 Å². The van der Waals surface area contributed by atoms with Gasteiger partial charge in [-0.05, 0) is 26.2 Å². The third-order valence-corrected chi connectivity index (χ3v) is 3.20. The van der Waals surface area contributed by atoms with Gasteiger partial charge in [0.2, 0.25) is 0 Å². The molecule has 0 radical (unpaired) electrons. The Bertz CT molecular complexity index is 254. The van der Waals surface area contributed by atoms with Crippen molar-refractivity contribution in [3.8, 4) is 0 Å². The summed E-state index contributed by atoms with van der Waals surface area (Å²) in [5, 5.41) is 9.08. The van der Waals surface area contributed by atoms with E-state index in [4.69, 9.17) is 9.84 Å². The smallest absolute Gasteiger partial charge is 0.309 e. The van der Waals surface area contributed by atoms with Crippen LogP contribution in [0.4, 0.5) is 0 Å². The van der Waals surface area contributed by atoms with Gasteiger partial charge in [0, 0.05) is 5.25 Å².